The number of nitrogens with one attached hydrogen (secondary N) is 1. The van der Waals surface area contributed by atoms with Gasteiger partial charge in [-0.15, -0.1) is 0 Å². The van der Waals surface area contributed by atoms with Gasteiger partial charge in [-0.2, -0.15) is 0 Å². The first-order valence-electron chi connectivity index (χ1n) is 6.88. The third-order valence-corrected chi connectivity index (χ3v) is 3.84. The lowest BCUT2D eigenvalue weighted by atomic mass is 10.0. The van der Waals surface area contributed by atoms with E-state index < -0.39 is 0 Å². The van der Waals surface area contributed by atoms with Crippen LogP contribution in [0.5, 0.6) is 11.5 Å². The molecule has 5 heteroatoms. The summed E-state index contributed by atoms with van der Waals surface area (Å²) in [6.07, 6.45) is 1.87. The lowest BCUT2D eigenvalue weighted by Gasteiger charge is -2.16. The molecule has 0 spiro atoms. The van der Waals surface area contributed by atoms with Crippen LogP contribution in [0.1, 0.15) is 25.3 Å². The van der Waals surface area contributed by atoms with Gasteiger partial charge in [0.2, 0.25) is 0 Å². The van der Waals surface area contributed by atoms with E-state index >= 15 is 0 Å². The Morgan fingerprint density at radius 2 is 2.05 bits per heavy atom. The molecular weight excluding hydrogens is 278 g/mol. The summed E-state index contributed by atoms with van der Waals surface area (Å²) in [5, 5.41) is 12.9. The zero-order chi connectivity index (χ0) is 15.0. The van der Waals surface area contributed by atoms with Crippen molar-refractivity contribution in [2.75, 3.05) is 27.4 Å². The average Bonchev–Trinajstić information content (AvgIpc) is 2.47. The van der Waals surface area contributed by atoms with Crippen LogP contribution in [-0.2, 0) is 6.54 Å². The van der Waals surface area contributed by atoms with Gasteiger partial charge in [-0.25, -0.2) is 0 Å². The quantitative estimate of drug-likeness (QED) is 0.736. The number of aliphatic hydroxyl groups excluding tert-OH is 1. The van der Waals surface area contributed by atoms with Crippen LogP contribution in [0.3, 0.4) is 0 Å². The molecule has 0 fully saturated rings. The lowest BCUT2D eigenvalue weighted by Crippen LogP contribution is -2.23. The summed E-state index contributed by atoms with van der Waals surface area (Å²) in [4.78, 5) is 0. The first-order valence-corrected chi connectivity index (χ1v) is 7.26. The summed E-state index contributed by atoms with van der Waals surface area (Å²) in [7, 11) is 3.17. The summed E-state index contributed by atoms with van der Waals surface area (Å²) in [6.45, 7) is 3.89. The molecule has 1 rings (SSSR count). The fourth-order valence-corrected chi connectivity index (χ4v) is 2.41. The predicted molar refractivity (Wildman–Crippen MR) is 81.7 cm³/mol. The first-order chi connectivity index (χ1) is 9.67. The zero-order valence-electron chi connectivity index (χ0n) is 12.4. The zero-order valence-corrected chi connectivity index (χ0v) is 13.2. The Morgan fingerprint density at radius 1 is 1.30 bits per heavy atom. The van der Waals surface area contributed by atoms with Gasteiger partial charge in [0.15, 0.2) is 11.5 Å². The average molecular weight is 302 g/mol. The molecule has 2 N–H and O–H groups in total. The number of hydrogen-bond acceptors (Lipinski definition) is 4. The summed E-state index contributed by atoms with van der Waals surface area (Å²) in [6, 6.07) is 3.79. The molecule has 1 atom stereocenters. The number of rotatable bonds is 9. The maximum Gasteiger partial charge on any atom is 0.179 e. The molecule has 20 heavy (non-hydrogen) atoms. The molecule has 1 unspecified atom stereocenters. The summed E-state index contributed by atoms with van der Waals surface area (Å²) < 4.78 is 10.5. The Hall–Kier alpha value is -0.970. The second-order valence-corrected chi connectivity index (χ2v) is 5.07. The summed E-state index contributed by atoms with van der Waals surface area (Å²) >= 11 is 6.32. The van der Waals surface area contributed by atoms with Crippen LogP contribution >= 0.6 is 11.6 Å². The van der Waals surface area contributed by atoms with E-state index in [0.29, 0.717) is 29.0 Å². The Labute approximate surface area is 126 Å². The lowest BCUT2D eigenvalue weighted by molar-refractivity contribution is 0.251. The molecule has 0 aliphatic carbocycles. The molecule has 0 saturated carbocycles. The number of halogens is 1. The van der Waals surface area contributed by atoms with Crippen LogP contribution in [0, 0.1) is 5.92 Å². The van der Waals surface area contributed by atoms with E-state index in [9.17, 15) is 0 Å². The van der Waals surface area contributed by atoms with Gasteiger partial charge in [0, 0.05) is 13.2 Å². The van der Waals surface area contributed by atoms with Crippen LogP contribution in [0.25, 0.3) is 0 Å². The van der Waals surface area contributed by atoms with E-state index in [0.717, 1.165) is 24.9 Å². The molecule has 0 radical (unpaired) electrons. The van der Waals surface area contributed by atoms with Crippen molar-refractivity contribution in [1.82, 2.24) is 5.32 Å². The molecule has 4 nitrogen and oxygen atoms in total. The third-order valence-electron chi connectivity index (χ3n) is 3.43. The van der Waals surface area contributed by atoms with Crippen molar-refractivity contribution >= 4 is 11.6 Å². The summed E-state index contributed by atoms with van der Waals surface area (Å²) in [5.41, 5.74) is 0.975. The molecule has 0 aromatic heterocycles. The fourth-order valence-electron chi connectivity index (χ4n) is 2.11. The van der Waals surface area contributed by atoms with E-state index in [1.54, 1.807) is 14.2 Å². The van der Waals surface area contributed by atoms with Gasteiger partial charge >= 0.3 is 0 Å². The molecule has 0 bridgehead atoms. The smallest absolute Gasteiger partial charge is 0.179 e. The SMILES string of the molecule is CCC(CCO)CNCc1ccc(OC)c(OC)c1Cl. The molecule has 114 valence electrons. The minimum Gasteiger partial charge on any atom is -0.493 e. The van der Waals surface area contributed by atoms with Gasteiger partial charge in [0.1, 0.15) is 0 Å². The van der Waals surface area contributed by atoms with Crippen molar-refractivity contribution in [2.45, 2.75) is 26.3 Å². The molecule has 0 aliphatic heterocycles. The van der Waals surface area contributed by atoms with Crippen molar-refractivity contribution < 1.29 is 14.6 Å². The Bertz CT molecular complexity index is 412. The highest BCUT2D eigenvalue weighted by atomic mass is 35.5. The number of ether oxygens (including phenoxy) is 2. The number of benzene rings is 1. The van der Waals surface area contributed by atoms with E-state index in [-0.39, 0.29) is 6.61 Å². The predicted octanol–water partition coefficient (Wildman–Crippen LogP) is 2.86. The van der Waals surface area contributed by atoms with Crippen molar-refractivity contribution in [3.8, 4) is 11.5 Å². The minimum atomic E-state index is 0.233. The first kappa shape index (κ1) is 17.1. The molecule has 0 saturated heterocycles. The minimum absolute atomic E-state index is 0.233. The third kappa shape index (κ3) is 4.54. The van der Waals surface area contributed by atoms with Crippen LogP contribution < -0.4 is 14.8 Å². The molecular formula is C15H24ClNO3. The van der Waals surface area contributed by atoms with Gasteiger partial charge in [-0.3, -0.25) is 0 Å². The van der Waals surface area contributed by atoms with Gasteiger partial charge in [-0.1, -0.05) is 31.0 Å². The van der Waals surface area contributed by atoms with Crippen LogP contribution in [-0.4, -0.2) is 32.5 Å². The maximum atomic E-state index is 8.97. The number of aliphatic hydroxyl groups is 1. The number of methoxy groups -OCH3 is 2. The van der Waals surface area contributed by atoms with Gasteiger partial charge < -0.3 is 19.9 Å². The topological polar surface area (TPSA) is 50.7 Å². The maximum absolute atomic E-state index is 8.97. The number of hydrogen-bond donors (Lipinski definition) is 2. The van der Waals surface area contributed by atoms with Crippen molar-refractivity contribution in [3.63, 3.8) is 0 Å². The van der Waals surface area contributed by atoms with Gasteiger partial charge in [-0.05, 0) is 30.5 Å². The monoisotopic (exact) mass is 301 g/mol. The molecule has 1 aromatic rings. The standard InChI is InChI=1S/C15H24ClNO3/c1-4-11(7-8-18)9-17-10-12-5-6-13(19-2)15(20-3)14(12)16/h5-6,11,17-18H,4,7-10H2,1-3H3. The van der Waals surface area contributed by atoms with Crippen LogP contribution in [0.15, 0.2) is 12.1 Å². The van der Waals surface area contributed by atoms with Gasteiger partial charge in [0.05, 0.1) is 19.2 Å². The fraction of sp³-hybridized carbons (Fsp3) is 0.600. The normalized spacial score (nSPS) is 12.2. The Balaban J connectivity index is 2.64. The van der Waals surface area contributed by atoms with E-state index in [1.807, 2.05) is 12.1 Å². The Morgan fingerprint density at radius 3 is 2.60 bits per heavy atom. The van der Waals surface area contributed by atoms with Gasteiger partial charge in [0.25, 0.3) is 0 Å². The van der Waals surface area contributed by atoms with E-state index in [2.05, 4.69) is 12.2 Å². The van der Waals surface area contributed by atoms with Crippen molar-refractivity contribution in [3.05, 3.63) is 22.7 Å². The highest BCUT2D eigenvalue weighted by Crippen LogP contribution is 2.37. The Kier molecular flexibility index (Phi) is 7.73. The van der Waals surface area contributed by atoms with Crippen molar-refractivity contribution in [1.29, 1.82) is 0 Å². The molecule has 0 amide bonds. The largest absolute Gasteiger partial charge is 0.493 e. The molecule has 1 aromatic carbocycles. The highest BCUT2D eigenvalue weighted by Gasteiger charge is 2.13. The highest BCUT2D eigenvalue weighted by molar-refractivity contribution is 6.33. The molecule has 0 aliphatic rings. The van der Waals surface area contributed by atoms with Crippen LogP contribution in [0.2, 0.25) is 5.02 Å². The second kappa shape index (κ2) is 9.06. The van der Waals surface area contributed by atoms with Crippen LogP contribution in [0.4, 0.5) is 0 Å². The molecule has 0 heterocycles. The second-order valence-electron chi connectivity index (χ2n) is 4.69. The summed E-state index contributed by atoms with van der Waals surface area (Å²) in [5.74, 6) is 1.68. The van der Waals surface area contributed by atoms with Crippen molar-refractivity contribution in [2.24, 2.45) is 5.92 Å². The van der Waals surface area contributed by atoms with E-state index in [1.165, 1.54) is 0 Å². The van der Waals surface area contributed by atoms with E-state index in [4.69, 9.17) is 26.2 Å².